The largest absolute Gasteiger partial charge is 0.497 e. The fourth-order valence-electron chi connectivity index (χ4n) is 2.01. The molecule has 0 aliphatic rings. The van der Waals surface area contributed by atoms with Crippen LogP contribution in [-0.2, 0) is 6.54 Å². The van der Waals surface area contributed by atoms with Crippen LogP contribution in [-0.4, -0.2) is 7.11 Å². The molecule has 0 heterocycles. The van der Waals surface area contributed by atoms with Crippen molar-refractivity contribution in [3.63, 3.8) is 0 Å². The standard InChI is InChI=1S/C16H17ClFNO/c1-11(15-7-6-14(20-2)9-16(15)18)19-10-12-4-3-5-13(17)8-12/h3-9,11,19H,10H2,1-2H3. The van der Waals surface area contributed by atoms with Crippen LogP contribution in [0.2, 0.25) is 5.02 Å². The molecule has 0 spiro atoms. The fourth-order valence-corrected chi connectivity index (χ4v) is 2.23. The monoisotopic (exact) mass is 293 g/mol. The number of nitrogens with one attached hydrogen (secondary N) is 1. The van der Waals surface area contributed by atoms with E-state index in [1.54, 1.807) is 12.1 Å². The molecule has 0 bridgehead atoms. The summed E-state index contributed by atoms with van der Waals surface area (Å²) < 4.78 is 18.9. The summed E-state index contributed by atoms with van der Waals surface area (Å²) in [5.74, 6) is 0.253. The van der Waals surface area contributed by atoms with Crippen LogP contribution in [0.1, 0.15) is 24.1 Å². The highest BCUT2D eigenvalue weighted by atomic mass is 35.5. The summed E-state index contributed by atoms with van der Waals surface area (Å²) in [6.07, 6.45) is 0. The van der Waals surface area contributed by atoms with Gasteiger partial charge in [0.2, 0.25) is 0 Å². The Hall–Kier alpha value is -1.58. The lowest BCUT2D eigenvalue weighted by Gasteiger charge is -2.16. The van der Waals surface area contributed by atoms with Gasteiger partial charge in [0.1, 0.15) is 11.6 Å². The number of ether oxygens (including phenoxy) is 1. The Balaban J connectivity index is 2.03. The topological polar surface area (TPSA) is 21.3 Å². The molecule has 0 aromatic heterocycles. The first-order chi connectivity index (χ1) is 9.60. The molecular formula is C16H17ClFNO. The highest BCUT2D eigenvalue weighted by Gasteiger charge is 2.11. The predicted molar refractivity (Wildman–Crippen MR) is 79.7 cm³/mol. The number of rotatable bonds is 5. The molecule has 4 heteroatoms. The Labute approximate surface area is 123 Å². The van der Waals surface area contributed by atoms with Crippen LogP contribution in [0.15, 0.2) is 42.5 Å². The van der Waals surface area contributed by atoms with E-state index in [0.29, 0.717) is 22.9 Å². The van der Waals surface area contributed by atoms with Crippen LogP contribution >= 0.6 is 11.6 Å². The molecule has 0 amide bonds. The van der Waals surface area contributed by atoms with Gasteiger partial charge in [-0.2, -0.15) is 0 Å². The van der Waals surface area contributed by atoms with E-state index in [9.17, 15) is 4.39 Å². The zero-order valence-electron chi connectivity index (χ0n) is 11.5. The van der Waals surface area contributed by atoms with E-state index < -0.39 is 0 Å². The van der Waals surface area contributed by atoms with E-state index >= 15 is 0 Å². The summed E-state index contributed by atoms with van der Waals surface area (Å²) in [7, 11) is 1.52. The first-order valence-electron chi connectivity index (χ1n) is 6.41. The lowest BCUT2D eigenvalue weighted by molar-refractivity contribution is 0.409. The molecule has 0 radical (unpaired) electrons. The van der Waals surface area contributed by atoms with Crippen molar-refractivity contribution in [2.75, 3.05) is 7.11 Å². The van der Waals surface area contributed by atoms with Crippen molar-refractivity contribution in [3.8, 4) is 5.75 Å². The Morgan fingerprint density at radius 2 is 2.05 bits per heavy atom. The SMILES string of the molecule is COc1ccc(C(C)NCc2cccc(Cl)c2)c(F)c1. The summed E-state index contributed by atoms with van der Waals surface area (Å²) in [5.41, 5.74) is 1.69. The van der Waals surface area contributed by atoms with Gasteiger partial charge in [0.25, 0.3) is 0 Å². The summed E-state index contributed by atoms with van der Waals surface area (Å²) in [6.45, 7) is 2.56. The maximum Gasteiger partial charge on any atom is 0.131 e. The quantitative estimate of drug-likeness (QED) is 0.885. The number of benzene rings is 2. The van der Waals surface area contributed by atoms with Crippen molar-refractivity contribution in [1.29, 1.82) is 0 Å². The van der Waals surface area contributed by atoms with E-state index in [0.717, 1.165) is 5.56 Å². The Bertz CT molecular complexity index is 588. The van der Waals surface area contributed by atoms with Gasteiger partial charge in [-0.1, -0.05) is 29.8 Å². The normalized spacial score (nSPS) is 12.2. The average Bonchev–Trinajstić information content (AvgIpc) is 2.44. The second-order valence-corrected chi connectivity index (χ2v) is 5.06. The molecule has 0 aliphatic heterocycles. The van der Waals surface area contributed by atoms with Crippen LogP contribution in [0.4, 0.5) is 4.39 Å². The molecule has 2 rings (SSSR count). The lowest BCUT2D eigenvalue weighted by Crippen LogP contribution is -2.19. The summed E-state index contributed by atoms with van der Waals surface area (Å²) in [6, 6.07) is 12.4. The molecule has 2 aromatic carbocycles. The number of methoxy groups -OCH3 is 1. The zero-order chi connectivity index (χ0) is 14.5. The van der Waals surface area contributed by atoms with Gasteiger partial charge >= 0.3 is 0 Å². The van der Waals surface area contributed by atoms with Crippen molar-refractivity contribution in [2.45, 2.75) is 19.5 Å². The van der Waals surface area contributed by atoms with Crippen molar-refractivity contribution < 1.29 is 9.13 Å². The molecule has 0 fully saturated rings. The molecule has 2 nitrogen and oxygen atoms in total. The van der Waals surface area contributed by atoms with Gasteiger partial charge in [-0.15, -0.1) is 0 Å². The Kier molecular flexibility index (Phi) is 4.99. The Morgan fingerprint density at radius 1 is 1.25 bits per heavy atom. The van der Waals surface area contributed by atoms with E-state index in [2.05, 4.69) is 5.32 Å². The zero-order valence-corrected chi connectivity index (χ0v) is 12.2. The maximum atomic E-state index is 13.9. The van der Waals surface area contributed by atoms with Crippen molar-refractivity contribution in [3.05, 3.63) is 64.4 Å². The van der Waals surface area contributed by atoms with Gasteiger partial charge < -0.3 is 10.1 Å². The van der Waals surface area contributed by atoms with Crippen molar-refractivity contribution in [2.24, 2.45) is 0 Å². The summed E-state index contributed by atoms with van der Waals surface area (Å²) in [4.78, 5) is 0. The second kappa shape index (κ2) is 6.73. The third-order valence-electron chi connectivity index (χ3n) is 3.18. The van der Waals surface area contributed by atoms with Crippen LogP contribution in [0.25, 0.3) is 0 Å². The van der Waals surface area contributed by atoms with Gasteiger partial charge in [-0.3, -0.25) is 0 Å². The van der Waals surface area contributed by atoms with Gasteiger partial charge in [-0.25, -0.2) is 4.39 Å². The molecule has 1 unspecified atom stereocenters. The molecule has 20 heavy (non-hydrogen) atoms. The van der Waals surface area contributed by atoms with Gasteiger partial charge in [-0.05, 0) is 30.7 Å². The summed E-state index contributed by atoms with van der Waals surface area (Å²) in [5, 5.41) is 3.98. The van der Waals surface area contributed by atoms with Crippen molar-refractivity contribution >= 4 is 11.6 Å². The number of hydrogen-bond donors (Lipinski definition) is 1. The van der Waals surface area contributed by atoms with E-state index in [-0.39, 0.29) is 11.9 Å². The minimum atomic E-state index is -0.268. The smallest absolute Gasteiger partial charge is 0.131 e. The maximum absolute atomic E-state index is 13.9. The van der Waals surface area contributed by atoms with E-state index in [4.69, 9.17) is 16.3 Å². The third-order valence-corrected chi connectivity index (χ3v) is 3.41. The molecule has 2 aromatic rings. The molecule has 0 saturated heterocycles. The molecular weight excluding hydrogens is 277 g/mol. The third kappa shape index (κ3) is 3.71. The average molecular weight is 294 g/mol. The van der Waals surface area contributed by atoms with Gasteiger partial charge in [0.05, 0.1) is 7.11 Å². The van der Waals surface area contributed by atoms with Gasteiger partial charge in [0, 0.05) is 29.2 Å². The van der Waals surface area contributed by atoms with Crippen LogP contribution in [0.5, 0.6) is 5.75 Å². The molecule has 0 saturated carbocycles. The second-order valence-electron chi connectivity index (χ2n) is 4.62. The minimum Gasteiger partial charge on any atom is -0.497 e. The molecule has 1 N–H and O–H groups in total. The molecule has 106 valence electrons. The number of halogens is 2. The lowest BCUT2D eigenvalue weighted by atomic mass is 10.1. The van der Waals surface area contributed by atoms with E-state index in [1.165, 1.54) is 13.2 Å². The van der Waals surface area contributed by atoms with Crippen LogP contribution in [0, 0.1) is 5.82 Å². The van der Waals surface area contributed by atoms with Crippen LogP contribution < -0.4 is 10.1 Å². The van der Waals surface area contributed by atoms with Crippen LogP contribution in [0.3, 0.4) is 0 Å². The van der Waals surface area contributed by atoms with E-state index in [1.807, 2.05) is 31.2 Å². The highest BCUT2D eigenvalue weighted by Crippen LogP contribution is 2.22. The Morgan fingerprint density at radius 3 is 2.70 bits per heavy atom. The first-order valence-corrected chi connectivity index (χ1v) is 6.79. The number of hydrogen-bond acceptors (Lipinski definition) is 2. The van der Waals surface area contributed by atoms with Crippen molar-refractivity contribution in [1.82, 2.24) is 5.32 Å². The summed E-state index contributed by atoms with van der Waals surface area (Å²) >= 11 is 5.93. The predicted octanol–water partition coefficient (Wildman–Crippen LogP) is 4.34. The van der Waals surface area contributed by atoms with Gasteiger partial charge in [0.15, 0.2) is 0 Å². The first kappa shape index (κ1) is 14.8. The molecule has 1 atom stereocenters. The molecule has 0 aliphatic carbocycles. The minimum absolute atomic E-state index is 0.0973. The fraction of sp³-hybridized carbons (Fsp3) is 0.250. The highest BCUT2D eigenvalue weighted by molar-refractivity contribution is 6.30.